The van der Waals surface area contributed by atoms with E-state index in [1.807, 2.05) is 122 Å². The number of para-hydroxylation sites is 2. The molecule has 0 bridgehead atoms. The fourth-order valence-electron chi connectivity index (χ4n) is 10.5. The second kappa shape index (κ2) is 18.4. The fourth-order valence-corrected chi connectivity index (χ4v) is 10.5. The zero-order chi connectivity index (χ0) is 51.3. The highest BCUT2D eigenvalue weighted by molar-refractivity contribution is 6.13. The summed E-state index contributed by atoms with van der Waals surface area (Å²) in [5, 5.41) is 23.9. The molecule has 4 heterocycles. The van der Waals surface area contributed by atoms with Crippen LogP contribution in [0.5, 0.6) is 0 Å². The summed E-state index contributed by atoms with van der Waals surface area (Å²) >= 11 is 0. The van der Waals surface area contributed by atoms with Gasteiger partial charge in [-0.05, 0) is 101 Å². The maximum Gasteiger partial charge on any atom is 0.196 e. The highest BCUT2D eigenvalue weighted by Gasteiger charge is 2.24. The molecule has 76 heavy (non-hydrogen) atoms. The quantitative estimate of drug-likeness (QED) is 0.140. The van der Waals surface area contributed by atoms with Crippen molar-refractivity contribution in [2.24, 2.45) is 0 Å². The first kappa shape index (κ1) is 44.6. The van der Waals surface area contributed by atoms with Crippen molar-refractivity contribution >= 4 is 55.0 Å². The number of nitrogens with zero attached hydrogens (tertiary/aromatic N) is 10. The summed E-state index contributed by atoms with van der Waals surface area (Å²) in [5.74, 6) is 1.60. The van der Waals surface area contributed by atoms with Gasteiger partial charge in [0.2, 0.25) is 0 Å². The highest BCUT2D eigenvalue weighted by atomic mass is 15.0. The summed E-state index contributed by atoms with van der Waals surface area (Å²) in [6, 6.07) is 72.6. The van der Waals surface area contributed by atoms with Crippen molar-refractivity contribution in [1.29, 1.82) is 10.5 Å². The average Bonchev–Trinajstić information content (AvgIpc) is 4.10. The number of hydrogen-bond acceptors (Lipinski definition) is 6. The lowest BCUT2D eigenvalue weighted by molar-refractivity contribution is 1.07. The molecule has 13 rings (SSSR count). The van der Waals surface area contributed by atoms with Gasteiger partial charge in [0, 0.05) is 72.9 Å². The van der Waals surface area contributed by atoms with Gasteiger partial charge in [-0.15, -0.1) is 0 Å². The van der Waals surface area contributed by atoms with Gasteiger partial charge < -0.3 is 9.13 Å². The van der Waals surface area contributed by atoms with E-state index in [0.717, 1.165) is 105 Å². The Bertz CT molecular complexity index is 4640. The van der Waals surface area contributed by atoms with E-state index in [1.54, 1.807) is 24.3 Å². The molecule has 0 aliphatic rings. The molecule has 0 N–H and O–H groups in total. The van der Waals surface area contributed by atoms with Crippen LogP contribution in [0.15, 0.2) is 219 Å². The van der Waals surface area contributed by atoms with Gasteiger partial charge >= 0.3 is 0 Å². The predicted molar refractivity (Wildman–Crippen MR) is 301 cm³/mol. The Labute approximate surface area is 436 Å². The van der Waals surface area contributed by atoms with Crippen molar-refractivity contribution in [2.75, 3.05) is 0 Å². The molecule has 0 aliphatic carbocycles. The minimum absolute atomic E-state index is 0.414. The molecule has 0 fully saturated rings. The summed E-state index contributed by atoms with van der Waals surface area (Å²) in [7, 11) is 0. The smallest absolute Gasteiger partial charge is 0.196 e. The van der Waals surface area contributed by atoms with Crippen LogP contribution in [0.3, 0.4) is 0 Å². The second-order valence-electron chi connectivity index (χ2n) is 18.2. The summed E-state index contributed by atoms with van der Waals surface area (Å²) in [6.07, 6.45) is 3.74. The Morgan fingerprint density at radius 2 is 0.934 bits per heavy atom. The summed E-state index contributed by atoms with van der Waals surface area (Å²) in [5.41, 5.74) is 14.8. The van der Waals surface area contributed by atoms with Gasteiger partial charge in [0.15, 0.2) is 28.8 Å². The van der Waals surface area contributed by atoms with E-state index >= 15 is 0 Å². The topological polar surface area (TPSA) is 118 Å². The molecule has 10 heteroatoms. The molecule has 13 aromatic rings. The van der Waals surface area contributed by atoms with Crippen LogP contribution in [-0.4, -0.2) is 29.1 Å². The number of fused-ring (bicyclic) bond motifs is 6. The maximum atomic E-state index is 10.2. The van der Waals surface area contributed by atoms with Crippen molar-refractivity contribution in [2.45, 2.75) is 0 Å². The van der Waals surface area contributed by atoms with Crippen LogP contribution in [0.25, 0.3) is 132 Å². The number of pyridine rings is 1. The van der Waals surface area contributed by atoms with E-state index in [1.165, 1.54) is 0 Å². The van der Waals surface area contributed by atoms with Crippen LogP contribution in [0, 0.1) is 35.8 Å². The van der Waals surface area contributed by atoms with E-state index in [9.17, 15) is 10.5 Å². The van der Waals surface area contributed by atoms with Crippen LogP contribution < -0.4 is 0 Å². The van der Waals surface area contributed by atoms with Gasteiger partial charge in [0.25, 0.3) is 0 Å². The van der Waals surface area contributed by atoms with E-state index in [0.29, 0.717) is 40.0 Å². The third-order valence-electron chi connectivity index (χ3n) is 14.0. The molecule has 350 valence electrons. The van der Waals surface area contributed by atoms with Gasteiger partial charge in [0.05, 0.1) is 58.7 Å². The molecule has 0 saturated heterocycles. The number of aromatic nitrogens is 6. The molecule has 9 aromatic carbocycles. The van der Waals surface area contributed by atoms with Crippen LogP contribution in [0.4, 0.5) is 11.4 Å². The SMILES string of the molecule is [C-]#[N+]c1ccc(-c2ccc3c(c2)c2ccccc2n3-c2ccc(-c3nc(-c4ccccc4)nc(-c4ccccc4)n3)cc2-c2cnccc2-n2c3ccccc3c3cc(-c4ccc(C#N)cc4[N+]#[C-])ccc32)c(C#N)c1. The summed E-state index contributed by atoms with van der Waals surface area (Å²) in [4.78, 5) is 27.6. The van der Waals surface area contributed by atoms with Gasteiger partial charge in [-0.1, -0.05) is 127 Å². The van der Waals surface area contributed by atoms with Crippen molar-refractivity contribution in [3.8, 4) is 91.1 Å². The molecule has 0 atom stereocenters. The Morgan fingerprint density at radius 1 is 0.395 bits per heavy atom. The van der Waals surface area contributed by atoms with E-state index in [2.05, 4.69) is 104 Å². The van der Waals surface area contributed by atoms with Gasteiger partial charge in [-0.3, -0.25) is 4.98 Å². The van der Waals surface area contributed by atoms with E-state index in [-0.39, 0.29) is 0 Å². The molecule has 0 aliphatic heterocycles. The first-order valence-electron chi connectivity index (χ1n) is 24.4. The number of nitriles is 2. The summed E-state index contributed by atoms with van der Waals surface area (Å²) in [6.45, 7) is 15.6. The Balaban J connectivity index is 1.08. The lowest BCUT2D eigenvalue weighted by atomic mass is 9.98. The van der Waals surface area contributed by atoms with Crippen molar-refractivity contribution in [3.63, 3.8) is 0 Å². The molecule has 10 nitrogen and oxygen atoms in total. The third kappa shape index (κ3) is 7.47. The van der Waals surface area contributed by atoms with Crippen LogP contribution >= 0.6 is 0 Å². The van der Waals surface area contributed by atoms with Crippen molar-refractivity contribution in [1.82, 2.24) is 29.1 Å². The number of rotatable bonds is 8. The van der Waals surface area contributed by atoms with Crippen LogP contribution in [0.2, 0.25) is 0 Å². The molecule has 0 amide bonds. The fraction of sp³-hybridized carbons (Fsp3) is 0. The van der Waals surface area contributed by atoms with E-state index in [4.69, 9.17) is 33.1 Å². The largest absolute Gasteiger partial charge is 0.309 e. The maximum absolute atomic E-state index is 10.2. The summed E-state index contributed by atoms with van der Waals surface area (Å²) < 4.78 is 4.57. The molecule has 0 radical (unpaired) electrons. The molecule has 0 unspecified atom stereocenters. The van der Waals surface area contributed by atoms with Gasteiger partial charge in [-0.25, -0.2) is 24.6 Å². The zero-order valence-electron chi connectivity index (χ0n) is 40.3. The molecular formula is C66H36N10. The Hall–Kier alpha value is -11.3. The lowest BCUT2D eigenvalue weighted by Crippen LogP contribution is -2.04. The first-order valence-corrected chi connectivity index (χ1v) is 24.4. The minimum Gasteiger partial charge on any atom is -0.309 e. The molecule has 0 spiro atoms. The first-order chi connectivity index (χ1) is 37.5. The molecule has 0 saturated carbocycles. The van der Waals surface area contributed by atoms with Gasteiger partial charge in [-0.2, -0.15) is 10.5 Å². The molecular weight excluding hydrogens is 933 g/mol. The predicted octanol–water partition coefficient (Wildman–Crippen LogP) is 16.3. The Morgan fingerprint density at radius 3 is 1.53 bits per heavy atom. The van der Waals surface area contributed by atoms with E-state index < -0.39 is 0 Å². The lowest BCUT2D eigenvalue weighted by Gasteiger charge is -2.19. The Kier molecular flexibility index (Phi) is 10.8. The van der Waals surface area contributed by atoms with Crippen LogP contribution in [-0.2, 0) is 0 Å². The zero-order valence-corrected chi connectivity index (χ0v) is 40.3. The number of hydrogen-bond donors (Lipinski definition) is 0. The van der Waals surface area contributed by atoms with Crippen LogP contribution in [0.1, 0.15) is 11.1 Å². The number of benzene rings is 9. The second-order valence-corrected chi connectivity index (χ2v) is 18.2. The van der Waals surface area contributed by atoms with Crippen molar-refractivity contribution < 1.29 is 0 Å². The molecule has 4 aromatic heterocycles. The minimum atomic E-state index is 0.414. The highest BCUT2D eigenvalue weighted by Crippen LogP contribution is 2.44. The van der Waals surface area contributed by atoms with Crippen molar-refractivity contribution in [3.05, 3.63) is 253 Å². The van der Waals surface area contributed by atoms with Gasteiger partial charge in [0.1, 0.15) is 0 Å². The third-order valence-corrected chi connectivity index (χ3v) is 14.0. The standard InChI is InChI=1S/C66H36N10/c1-69-48-25-27-49(47(34-48)39-68)44-22-28-60-53(35-44)51-17-9-11-19-58(51)75(60)62-30-24-46(66-73-64(42-13-5-3-6-14-42)72-65(74-66)43-15-7-4-8-16-43)37-55(62)56-40-71-32-31-63(56)76-59-20-12-10-18-52(59)54-36-45(23-29-61(54)76)50-26-21-41(38-67)33-57(50)70-2/h3-37,40H. The average molecular weight is 969 g/mol. The normalized spacial score (nSPS) is 11.1. The monoisotopic (exact) mass is 968 g/mol.